The number of hydrogen-bond donors (Lipinski definition) is 1. The van der Waals surface area contributed by atoms with E-state index in [9.17, 15) is 18.4 Å². The molecule has 2 amide bonds. The molecule has 198 valence electrons. The Hall–Kier alpha value is -3.07. The summed E-state index contributed by atoms with van der Waals surface area (Å²) >= 11 is 0. The summed E-state index contributed by atoms with van der Waals surface area (Å²) in [6.45, 7) is 3.34. The summed E-state index contributed by atoms with van der Waals surface area (Å²) < 4.78 is 35.2. The minimum Gasteiger partial charge on any atom is -0.492 e. The van der Waals surface area contributed by atoms with Crippen LogP contribution in [0.4, 0.5) is 8.78 Å². The van der Waals surface area contributed by atoms with Crippen LogP contribution in [0.2, 0.25) is 0 Å². The van der Waals surface area contributed by atoms with Crippen LogP contribution in [0.25, 0.3) is 11.3 Å². The van der Waals surface area contributed by atoms with E-state index in [0.717, 1.165) is 32.4 Å². The Morgan fingerprint density at radius 1 is 1.08 bits per heavy atom. The topological polar surface area (TPSA) is 88.8 Å². The molecule has 1 aromatic carbocycles. The minimum atomic E-state index is -0.961. The number of carbonyl (C=O) groups is 2. The predicted molar refractivity (Wildman–Crippen MR) is 135 cm³/mol. The van der Waals surface area contributed by atoms with Crippen LogP contribution < -0.4 is 10.5 Å². The molecule has 0 spiro atoms. The highest BCUT2D eigenvalue weighted by molar-refractivity contribution is 5.98. The fourth-order valence-corrected chi connectivity index (χ4v) is 5.59. The van der Waals surface area contributed by atoms with E-state index >= 15 is 0 Å². The van der Waals surface area contributed by atoms with Crippen LogP contribution in [-0.4, -0.2) is 71.1 Å². The van der Waals surface area contributed by atoms with Crippen LogP contribution >= 0.6 is 0 Å². The molecular formula is C28H34F2N4O3. The summed E-state index contributed by atoms with van der Waals surface area (Å²) in [5, 5.41) is 0. The third-order valence-electron chi connectivity index (χ3n) is 8.02. The van der Waals surface area contributed by atoms with Crippen molar-refractivity contribution in [3.8, 4) is 17.0 Å². The van der Waals surface area contributed by atoms with Gasteiger partial charge in [0.15, 0.2) is 0 Å². The number of ether oxygens (including phenoxy) is 1. The monoisotopic (exact) mass is 512 g/mol. The molecule has 7 nitrogen and oxygen atoms in total. The van der Waals surface area contributed by atoms with Gasteiger partial charge in [-0.2, -0.15) is 0 Å². The van der Waals surface area contributed by atoms with E-state index in [2.05, 4.69) is 9.88 Å². The van der Waals surface area contributed by atoms with Crippen molar-refractivity contribution in [1.29, 1.82) is 0 Å². The lowest BCUT2D eigenvalue weighted by Gasteiger charge is -2.41. The Labute approximate surface area is 216 Å². The van der Waals surface area contributed by atoms with Gasteiger partial charge < -0.3 is 20.3 Å². The number of primary amides is 1. The Balaban J connectivity index is 1.13. The number of amides is 2. The molecule has 1 aromatic heterocycles. The van der Waals surface area contributed by atoms with Crippen molar-refractivity contribution in [3.05, 3.63) is 47.9 Å². The number of nitrogens with two attached hydrogens (primary N) is 1. The van der Waals surface area contributed by atoms with Crippen LogP contribution in [0.3, 0.4) is 0 Å². The van der Waals surface area contributed by atoms with Gasteiger partial charge in [0.2, 0.25) is 5.91 Å². The lowest BCUT2D eigenvalue weighted by molar-refractivity contribution is -0.121. The van der Waals surface area contributed by atoms with Gasteiger partial charge in [-0.3, -0.25) is 14.6 Å². The van der Waals surface area contributed by atoms with Crippen molar-refractivity contribution in [2.75, 3.05) is 32.8 Å². The van der Waals surface area contributed by atoms with Gasteiger partial charge in [0, 0.05) is 18.7 Å². The van der Waals surface area contributed by atoms with Gasteiger partial charge in [0.1, 0.15) is 23.3 Å². The van der Waals surface area contributed by atoms with Crippen molar-refractivity contribution in [2.45, 2.75) is 56.7 Å². The van der Waals surface area contributed by atoms with Crippen molar-refractivity contribution in [2.24, 2.45) is 11.7 Å². The number of aromatic nitrogens is 1. The van der Waals surface area contributed by atoms with E-state index in [4.69, 9.17) is 10.5 Å². The highest BCUT2D eigenvalue weighted by atomic mass is 19.1. The maximum atomic E-state index is 14.9. The SMILES string of the molecule is NC(=O)[C@@H]1CCCN1C(=O)c1ccc(-c2ccc(OCC3CCN(CC4(F)CCC4)CC3)cn2)cc1F. The second-order valence-electron chi connectivity index (χ2n) is 10.7. The summed E-state index contributed by atoms with van der Waals surface area (Å²) in [5.74, 6) is -0.695. The van der Waals surface area contributed by atoms with E-state index in [0.29, 0.717) is 68.3 Å². The summed E-state index contributed by atoms with van der Waals surface area (Å²) in [5.41, 5.74) is 5.44. The molecule has 0 bridgehead atoms. The fraction of sp³-hybridized carbons (Fsp3) is 0.536. The third-order valence-corrected chi connectivity index (χ3v) is 8.02. The smallest absolute Gasteiger partial charge is 0.257 e. The molecule has 5 rings (SSSR count). The van der Waals surface area contributed by atoms with Crippen LogP contribution in [0.15, 0.2) is 36.5 Å². The Morgan fingerprint density at radius 3 is 2.49 bits per heavy atom. The number of pyridine rings is 1. The Kier molecular flexibility index (Phi) is 7.42. The van der Waals surface area contributed by atoms with Crippen LogP contribution in [0.1, 0.15) is 55.3 Å². The molecule has 37 heavy (non-hydrogen) atoms. The quantitative estimate of drug-likeness (QED) is 0.579. The lowest BCUT2D eigenvalue weighted by Crippen LogP contribution is -2.47. The average molecular weight is 513 g/mol. The summed E-state index contributed by atoms with van der Waals surface area (Å²) in [7, 11) is 0. The third kappa shape index (κ3) is 5.76. The van der Waals surface area contributed by atoms with Gasteiger partial charge in [-0.25, -0.2) is 8.78 Å². The van der Waals surface area contributed by atoms with E-state index in [1.165, 1.54) is 17.0 Å². The molecule has 1 aliphatic carbocycles. The molecule has 2 aromatic rings. The second kappa shape index (κ2) is 10.7. The summed E-state index contributed by atoms with van der Waals surface area (Å²) in [6, 6.07) is 7.23. The van der Waals surface area contributed by atoms with Gasteiger partial charge in [-0.05, 0) is 88.2 Å². The standard InChI is InChI=1S/C28H34F2N4O3/c29-23-15-20(4-6-22(23)27(36)34-12-1-3-25(34)26(31)35)24-7-5-21(16-32-24)37-17-19-8-13-33(14-9-19)18-28(30)10-2-11-28/h4-7,15-16,19,25H,1-3,8-14,17-18H2,(H2,31,35)/t25-/m0/s1. The fourth-order valence-electron chi connectivity index (χ4n) is 5.59. The maximum absolute atomic E-state index is 14.9. The number of hydrogen-bond acceptors (Lipinski definition) is 5. The molecule has 0 unspecified atom stereocenters. The number of likely N-dealkylation sites (tertiary alicyclic amines) is 2. The van der Waals surface area contributed by atoms with Crippen molar-refractivity contribution >= 4 is 11.8 Å². The first-order chi connectivity index (χ1) is 17.8. The number of piperidine rings is 1. The van der Waals surface area contributed by atoms with Crippen molar-refractivity contribution in [3.63, 3.8) is 0 Å². The second-order valence-corrected chi connectivity index (χ2v) is 10.7. The van der Waals surface area contributed by atoms with Crippen molar-refractivity contribution in [1.82, 2.24) is 14.8 Å². The zero-order valence-electron chi connectivity index (χ0n) is 21.0. The zero-order valence-corrected chi connectivity index (χ0v) is 21.0. The van der Waals surface area contributed by atoms with Crippen LogP contribution in [0, 0.1) is 11.7 Å². The molecule has 2 aliphatic heterocycles. The molecule has 2 N–H and O–H groups in total. The number of rotatable bonds is 8. The average Bonchev–Trinajstić information content (AvgIpc) is 3.38. The largest absolute Gasteiger partial charge is 0.492 e. The normalized spacial score (nSPS) is 22.0. The van der Waals surface area contributed by atoms with Gasteiger partial charge in [0.05, 0.1) is 24.1 Å². The molecule has 3 aliphatic rings. The first-order valence-electron chi connectivity index (χ1n) is 13.2. The molecule has 2 saturated heterocycles. The molecule has 3 fully saturated rings. The first kappa shape index (κ1) is 25.6. The molecule has 0 radical (unpaired) electrons. The highest BCUT2D eigenvalue weighted by Gasteiger charge is 2.39. The van der Waals surface area contributed by atoms with Gasteiger partial charge in [0.25, 0.3) is 5.91 Å². The van der Waals surface area contributed by atoms with E-state index in [1.807, 2.05) is 0 Å². The first-order valence-corrected chi connectivity index (χ1v) is 13.2. The van der Waals surface area contributed by atoms with Crippen molar-refractivity contribution < 1.29 is 23.1 Å². The van der Waals surface area contributed by atoms with Gasteiger partial charge >= 0.3 is 0 Å². The zero-order chi connectivity index (χ0) is 26.0. The number of alkyl halides is 1. The molecule has 9 heteroatoms. The number of nitrogens with zero attached hydrogens (tertiary/aromatic N) is 3. The number of halogens is 2. The molecular weight excluding hydrogens is 478 g/mol. The Bertz CT molecular complexity index is 1130. The number of carbonyl (C=O) groups excluding carboxylic acids is 2. The molecule has 1 atom stereocenters. The van der Waals surface area contributed by atoms with E-state index < -0.39 is 29.3 Å². The number of benzene rings is 1. The predicted octanol–water partition coefficient (Wildman–Crippen LogP) is 3.96. The summed E-state index contributed by atoms with van der Waals surface area (Å²) in [4.78, 5) is 32.4. The lowest BCUT2D eigenvalue weighted by atomic mass is 9.81. The highest BCUT2D eigenvalue weighted by Crippen LogP contribution is 2.37. The molecule has 3 heterocycles. The Morgan fingerprint density at radius 2 is 1.86 bits per heavy atom. The van der Waals surface area contributed by atoms with Crippen LogP contribution in [0.5, 0.6) is 5.75 Å². The van der Waals surface area contributed by atoms with Crippen LogP contribution in [-0.2, 0) is 4.79 Å². The van der Waals surface area contributed by atoms with Gasteiger partial charge in [-0.1, -0.05) is 6.07 Å². The van der Waals surface area contributed by atoms with E-state index in [-0.39, 0.29) is 5.56 Å². The minimum absolute atomic E-state index is 0.0859. The van der Waals surface area contributed by atoms with E-state index in [1.54, 1.807) is 24.4 Å². The summed E-state index contributed by atoms with van der Waals surface area (Å²) in [6.07, 6.45) is 7.16. The van der Waals surface area contributed by atoms with Gasteiger partial charge in [-0.15, -0.1) is 0 Å². The molecule has 1 saturated carbocycles. The maximum Gasteiger partial charge on any atom is 0.257 e.